The Balaban J connectivity index is 2.99. The number of hydrogen-bond acceptors (Lipinski definition) is 2. The monoisotopic (exact) mass is 228 g/mol. The number of fused-ring (bicyclic) bond motifs is 1. The van der Waals surface area contributed by atoms with Crippen LogP contribution in [0, 0.1) is 6.92 Å². The second kappa shape index (κ2) is 3.26. The second-order valence-electron chi connectivity index (χ2n) is 2.89. The Kier molecular flexibility index (Phi) is 2.21. The highest BCUT2D eigenvalue weighted by molar-refractivity contribution is 6.31. The highest BCUT2D eigenvalue weighted by Crippen LogP contribution is 2.12. The zero-order chi connectivity index (χ0) is 10.3. The van der Waals surface area contributed by atoms with Gasteiger partial charge in [0.05, 0.1) is 10.7 Å². The van der Waals surface area contributed by atoms with E-state index in [0.717, 1.165) is 0 Å². The third kappa shape index (κ3) is 1.38. The fraction of sp³-hybridized carbons (Fsp3) is 0.111. The van der Waals surface area contributed by atoms with E-state index in [1.165, 1.54) is 10.6 Å². The first-order chi connectivity index (χ1) is 6.59. The van der Waals surface area contributed by atoms with Crippen molar-refractivity contribution in [1.29, 1.82) is 0 Å². The Morgan fingerprint density at radius 1 is 1.36 bits per heavy atom. The molecule has 0 aliphatic rings. The van der Waals surface area contributed by atoms with E-state index in [2.05, 4.69) is 4.98 Å². The predicted molar refractivity (Wildman–Crippen MR) is 56.2 cm³/mol. The van der Waals surface area contributed by atoms with Crippen LogP contribution >= 0.6 is 23.2 Å². The predicted octanol–water partition coefficient (Wildman–Crippen LogP) is 2.31. The van der Waals surface area contributed by atoms with Gasteiger partial charge < -0.3 is 0 Å². The molecular weight excluding hydrogens is 223 g/mol. The maximum atomic E-state index is 11.6. The van der Waals surface area contributed by atoms with E-state index in [0.29, 0.717) is 16.4 Å². The van der Waals surface area contributed by atoms with Crippen molar-refractivity contribution < 1.29 is 0 Å². The number of aromatic nitrogens is 2. The summed E-state index contributed by atoms with van der Waals surface area (Å²) < 4.78 is 1.33. The molecule has 0 N–H and O–H groups in total. The molecule has 72 valence electrons. The molecule has 0 unspecified atom stereocenters. The van der Waals surface area contributed by atoms with Gasteiger partial charge in [0.2, 0.25) is 0 Å². The molecule has 0 bridgehead atoms. The van der Waals surface area contributed by atoms with Crippen molar-refractivity contribution in [2.75, 3.05) is 0 Å². The van der Waals surface area contributed by atoms with E-state index in [1.807, 2.05) is 0 Å². The van der Waals surface area contributed by atoms with E-state index >= 15 is 0 Å². The molecule has 0 saturated carbocycles. The maximum Gasteiger partial charge on any atom is 0.276 e. The molecule has 0 saturated heterocycles. The van der Waals surface area contributed by atoms with Crippen LogP contribution in [0.2, 0.25) is 10.0 Å². The smallest absolute Gasteiger partial charge is 0.267 e. The number of aryl methyl sites for hydroxylation is 1. The lowest BCUT2D eigenvalue weighted by Gasteiger charge is -2.02. The van der Waals surface area contributed by atoms with E-state index in [4.69, 9.17) is 23.2 Å². The Morgan fingerprint density at radius 2 is 2.07 bits per heavy atom. The molecule has 2 rings (SSSR count). The van der Waals surface area contributed by atoms with Gasteiger partial charge in [-0.15, -0.1) is 0 Å². The van der Waals surface area contributed by atoms with Gasteiger partial charge >= 0.3 is 0 Å². The van der Waals surface area contributed by atoms with Crippen LogP contribution in [0.5, 0.6) is 0 Å². The van der Waals surface area contributed by atoms with Crippen molar-refractivity contribution in [3.63, 3.8) is 0 Å². The Labute approximate surface area is 89.9 Å². The van der Waals surface area contributed by atoms with Gasteiger partial charge in [0.25, 0.3) is 5.56 Å². The summed E-state index contributed by atoms with van der Waals surface area (Å²) in [4.78, 5) is 15.8. The van der Waals surface area contributed by atoms with Crippen LogP contribution < -0.4 is 5.56 Å². The van der Waals surface area contributed by atoms with E-state index in [1.54, 1.807) is 19.1 Å². The molecule has 3 nitrogen and oxygen atoms in total. The summed E-state index contributed by atoms with van der Waals surface area (Å²) in [7, 11) is 0. The molecule has 0 spiro atoms. The molecule has 0 aliphatic heterocycles. The molecule has 0 amide bonds. The molecule has 0 aliphatic carbocycles. The minimum absolute atomic E-state index is 0.129. The van der Waals surface area contributed by atoms with Gasteiger partial charge in [-0.05, 0) is 19.1 Å². The molecule has 0 atom stereocenters. The molecule has 2 heterocycles. The average molecular weight is 229 g/mol. The van der Waals surface area contributed by atoms with Gasteiger partial charge in [0.1, 0.15) is 10.7 Å². The minimum atomic E-state index is -0.295. The van der Waals surface area contributed by atoms with Crippen molar-refractivity contribution in [3.05, 3.63) is 44.4 Å². The first kappa shape index (κ1) is 9.49. The van der Waals surface area contributed by atoms with Gasteiger partial charge in [0, 0.05) is 6.20 Å². The number of rotatable bonds is 0. The minimum Gasteiger partial charge on any atom is -0.267 e. The number of nitrogens with zero attached hydrogens (tertiary/aromatic N) is 2. The van der Waals surface area contributed by atoms with Gasteiger partial charge in [-0.3, -0.25) is 9.20 Å². The largest absolute Gasteiger partial charge is 0.276 e. The van der Waals surface area contributed by atoms with Crippen LogP contribution in [0.1, 0.15) is 5.69 Å². The van der Waals surface area contributed by atoms with Crippen LogP contribution in [0.15, 0.2) is 23.1 Å². The van der Waals surface area contributed by atoms with Crippen molar-refractivity contribution in [2.45, 2.75) is 6.92 Å². The summed E-state index contributed by atoms with van der Waals surface area (Å²) in [6, 6.07) is 3.35. The maximum absolute atomic E-state index is 11.6. The van der Waals surface area contributed by atoms with Gasteiger partial charge in [-0.25, -0.2) is 4.98 Å². The Morgan fingerprint density at radius 3 is 2.79 bits per heavy atom. The van der Waals surface area contributed by atoms with E-state index in [-0.39, 0.29) is 10.6 Å². The van der Waals surface area contributed by atoms with Crippen molar-refractivity contribution >= 4 is 28.8 Å². The molecule has 2 aromatic rings. The van der Waals surface area contributed by atoms with Gasteiger partial charge in [-0.2, -0.15) is 0 Å². The lowest BCUT2D eigenvalue weighted by molar-refractivity contribution is 1.02. The quantitative estimate of drug-likeness (QED) is 0.694. The topological polar surface area (TPSA) is 34.4 Å². The lowest BCUT2D eigenvalue weighted by atomic mass is 10.4. The van der Waals surface area contributed by atoms with Crippen molar-refractivity contribution in [2.24, 2.45) is 0 Å². The summed E-state index contributed by atoms with van der Waals surface area (Å²) in [5.74, 6) is 0. The summed E-state index contributed by atoms with van der Waals surface area (Å²) >= 11 is 11.5. The Bertz CT molecular complexity index is 562. The fourth-order valence-corrected chi connectivity index (χ4v) is 1.50. The number of hydrogen-bond donors (Lipinski definition) is 0. The molecule has 14 heavy (non-hydrogen) atoms. The molecular formula is C9H6Cl2N2O. The zero-order valence-corrected chi connectivity index (χ0v) is 8.80. The summed E-state index contributed by atoms with van der Waals surface area (Å²) in [5, 5.41) is 0.603. The van der Waals surface area contributed by atoms with E-state index in [9.17, 15) is 4.79 Å². The molecule has 0 radical (unpaired) electrons. The summed E-state index contributed by atoms with van der Waals surface area (Å²) in [5.41, 5.74) is 0.775. The molecule has 2 aromatic heterocycles. The molecule has 5 heteroatoms. The van der Waals surface area contributed by atoms with Crippen LogP contribution in [-0.2, 0) is 0 Å². The third-order valence-electron chi connectivity index (χ3n) is 1.90. The molecule has 0 aromatic carbocycles. The average Bonchev–Trinajstić information content (AvgIpc) is 2.16. The second-order valence-corrected chi connectivity index (χ2v) is 3.71. The highest BCUT2D eigenvalue weighted by atomic mass is 35.5. The summed E-state index contributed by atoms with van der Waals surface area (Å²) in [6.45, 7) is 1.69. The van der Waals surface area contributed by atoms with Crippen LogP contribution in [0.4, 0.5) is 0 Å². The van der Waals surface area contributed by atoms with E-state index < -0.39 is 0 Å². The van der Waals surface area contributed by atoms with Gasteiger partial charge in [0.15, 0.2) is 0 Å². The number of pyridine rings is 1. The van der Waals surface area contributed by atoms with Crippen LogP contribution in [-0.4, -0.2) is 9.38 Å². The standard InChI is InChI=1S/C9H6Cl2N2O/c1-5-8(11)9(14)13-4-6(10)2-3-7(13)12-5/h2-4H,1H3. The van der Waals surface area contributed by atoms with Crippen LogP contribution in [0.3, 0.4) is 0 Å². The molecule has 0 fully saturated rings. The first-order valence-corrected chi connectivity index (χ1v) is 4.69. The number of halogens is 2. The SMILES string of the molecule is Cc1nc2ccc(Cl)cn2c(=O)c1Cl. The third-order valence-corrected chi connectivity index (χ3v) is 2.56. The Hall–Kier alpha value is -1.06. The van der Waals surface area contributed by atoms with Crippen molar-refractivity contribution in [1.82, 2.24) is 9.38 Å². The summed E-state index contributed by atoms with van der Waals surface area (Å²) in [6.07, 6.45) is 1.50. The zero-order valence-electron chi connectivity index (χ0n) is 7.29. The highest BCUT2D eigenvalue weighted by Gasteiger charge is 2.06. The van der Waals surface area contributed by atoms with Gasteiger partial charge in [-0.1, -0.05) is 23.2 Å². The normalized spacial score (nSPS) is 10.8. The lowest BCUT2D eigenvalue weighted by Crippen LogP contribution is -2.16. The van der Waals surface area contributed by atoms with Crippen molar-refractivity contribution in [3.8, 4) is 0 Å². The van der Waals surface area contributed by atoms with Crippen LogP contribution in [0.25, 0.3) is 5.65 Å². The fourth-order valence-electron chi connectivity index (χ4n) is 1.20. The first-order valence-electron chi connectivity index (χ1n) is 3.93.